The smallest absolute Gasteiger partial charge is 0.318 e. The maximum atomic E-state index is 13.2. The summed E-state index contributed by atoms with van der Waals surface area (Å²) < 4.78 is 13.2. The van der Waals surface area contributed by atoms with Gasteiger partial charge in [-0.15, -0.1) is 0 Å². The Bertz CT molecular complexity index is 341. The van der Waals surface area contributed by atoms with Crippen molar-refractivity contribution in [2.75, 3.05) is 12.4 Å². The minimum absolute atomic E-state index is 0.0476. The van der Waals surface area contributed by atoms with Crippen molar-refractivity contribution in [2.45, 2.75) is 6.54 Å². The third-order valence-electron chi connectivity index (χ3n) is 1.80. The first-order valence-corrected chi connectivity index (χ1v) is 4.15. The Morgan fingerprint density at radius 3 is 2.86 bits per heavy atom. The predicted molar refractivity (Wildman–Crippen MR) is 52.4 cm³/mol. The van der Waals surface area contributed by atoms with E-state index in [2.05, 4.69) is 10.6 Å². The van der Waals surface area contributed by atoms with Gasteiger partial charge in [-0.1, -0.05) is 6.07 Å². The van der Waals surface area contributed by atoms with Crippen LogP contribution in [0.25, 0.3) is 0 Å². The predicted octanol–water partition coefficient (Wildman–Crippen LogP) is 1.04. The largest absolute Gasteiger partial charge is 0.341 e. The average Bonchev–Trinajstić information content (AvgIpc) is 2.18. The molecule has 0 saturated carbocycles. The number of benzene rings is 1. The minimum Gasteiger partial charge on any atom is -0.341 e. The zero-order valence-corrected chi connectivity index (χ0v) is 7.80. The number of amides is 2. The van der Waals surface area contributed by atoms with E-state index in [1.165, 1.54) is 19.2 Å². The van der Waals surface area contributed by atoms with Gasteiger partial charge in [0.25, 0.3) is 0 Å². The van der Waals surface area contributed by atoms with Crippen LogP contribution in [0.4, 0.5) is 14.9 Å². The van der Waals surface area contributed by atoms with E-state index in [9.17, 15) is 9.18 Å². The number of anilines is 1. The van der Waals surface area contributed by atoms with Gasteiger partial charge in [0.05, 0.1) is 0 Å². The third kappa shape index (κ3) is 2.20. The normalized spacial score (nSPS) is 9.64. The molecule has 14 heavy (non-hydrogen) atoms. The number of carbonyl (C=O) groups is 1. The Morgan fingerprint density at radius 2 is 2.29 bits per heavy atom. The second kappa shape index (κ2) is 4.57. The zero-order valence-electron chi connectivity index (χ0n) is 7.80. The van der Waals surface area contributed by atoms with E-state index in [-0.39, 0.29) is 6.54 Å². The molecule has 0 spiro atoms. The lowest BCUT2D eigenvalue weighted by molar-refractivity contribution is 0.254. The number of halogens is 1. The summed E-state index contributed by atoms with van der Waals surface area (Å²) >= 11 is 0. The molecule has 0 unspecified atom stereocenters. The van der Waals surface area contributed by atoms with Crippen molar-refractivity contribution in [3.63, 3.8) is 0 Å². The van der Waals surface area contributed by atoms with Crippen LogP contribution in [0.15, 0.2) is 18.2 Å². The molecule has 76 valence electrons. The van der Waals surface area contributed by atoms with Gasteiger partial charge in [0.2, 0.25) is 0 Å². The molecule has 0 aromatic heterocycles. The van der Waals surface area contributed by atoms with Gasteiger partial charge < -0.3 is 16.4 Å². The van der Waals surface area contributed by atoms with Crippen LogP contribution in [0, 0.1) is 5.82 Å². The van der Waals surface area contributed by atoms with E-state index >= 15 is 0 Å². The lowest BCUT2D eigenvalue weighted by Gasteiger charge is -2.09. The van der Waals surface area contributed by atoms with Gasteiger partial charge in [-0.2, -0.15) is 0 Å². The van der Waals surface area contributed by atoms with Gasteiger partial charge in [0, 0.05) is 24.8 Å². The molecule has 5 heteroatoms. The molecule has 1 aromatic carbocycles. The molecule has 0 radical (unpaired) electrons. The molecule has 1 aromatic rings. The van der Waals surface area contributed by atoms with Crippen LogP contribution in [0.3, 0.4) is 0 Å². The molecule has 0 aliphatic rings. The molecule has 0 atom stereocenters. The van der Waals surface area contributed by atoms with Crippen LogP contribution >= 0.6 is 0 Å². The Hall–Kier alpha value is -1.62. The van der Waals surface area contributed by atoms with Crippen LogP contribution in [0.2, 0.25) is 0 Å². The summed E-state index contributed by atoms with van der Waals surface area (Å²) in [5, 5.41) is 4.85. The molecule has 1 rings (SSSR count). The lowest BCUT2D eigenvalue weighted by Crippen LogP contribution is -2.25. The molecule has 0 aliphatic carbocycles. The fraction of sp³-hybridized carbons (Fsp3) is 0.222. The first kappa shape index (κ1) is 10.5. The van der Waals surface area contributed by atoms with E-state index < -0.39 is 11.8 Å². The minimum atomic E-state index is -0.415. The number of rotatable bonds is 2. The molecular formula is C9H12FN3O. The van der Waals surface area contributed by atoms with E-state index in [0.717, 1.165) is 0 Å². The van der Waals surface area contributed by atoms with Crippen LogP contribution in [-0.4, -0.2) is 13.1 Å². The molecule has 0 fully saturated rings. The highest BCUT2D eigenvalue weighted by molar-refractivity contribution is 5.89. The van der Waals surface area contributed by atoms with E-state index in [1.807, 2.05) is 0 Å². The maximum absolute atomic E-state index is 13.2. The highest BCUT2D eigenvalue weighted by atomic mass is 19.1. The first-order chi connectivity index (χ1) is 6.69. The van der Waals surface area contributed by atoms with Crippen molar-refractivity contribution in [3.05, 3.63) is 29.6 Å². The van der Waals surface area contributed by atoms with E-state index in [0.29, 0.717) is 11.3 Å². The Morgan fingerprint density at radius 1 is 1.57 bits per heavy atom. The first-order valence-electron chi connectivity index (χ1n) is 4.15. The molecular weight excluding hydrogens is 185 g/mol. The van der Waals surface area contributed by atoms with Crippen molar-refractivity contribution in [1.82, 2.24) is 5.32 Å². The summed E-state index contributed by atoms with van der Waals surface area (Å²) in [7, 11) is 1.48. The van der Waals surface area contributed by atoms with Crippen LogP contribution in [-0.2, 0) is 6.54 Å². The third-order valence-corrected chi connectivity index (χ3v) is 1.80. The van der Waals surface area contributed by atoms with Gasteiger partial charge in [-0.05, 0) is 12.1 Å². The SMILES string of the molecule is CNC(=O)Nc1cccc(F)c1CN. The van der Waals surface area contributed by atoms with Crippen molar-refractivity contribution in [3.8, 4) is 0 Å². The standard InChI is InChI=1S/C9H12FN3O/c1-12-9(14)13-8-4-2-3-7(10)6(8)5-11/h2-4H,5,11H2,1H3,(H2,12,13,14). The molecule has 0 bridgehead atoms. The van der Waals surface area contributed by atoms with Gasteiger partial charge in [-0.3, -0.25) is 0 Å². The topological polar surface area (TPSA) is 67.2 Å². The van der Waals surface area contributed by atoms with Crippen molar-refractivity contribution in [1.29, 1.82) is 0 Å². The molecule has 0 saturated heterocycles. The van der Waals surface area contributed by atoms with E-state index in [4.69, 9.17) is 5.73 Å². The average molecular weight is 197 g/mol. The Labute approximate surface area is 81.3 Å². The number of nitrogens with one attached hydrogen (secondary N) is 2. The Kier molecular flexibility index (Phi) is 3.41. The lowest BCUT2D eigenvalue weighted by atomic mass is 10.1. The fourth-order valence-electron chi connectivity index (χ4n) is 1.07. The summed E-state index contributed by atoms with van der Waals surface area (Å²) in [5.41, 5.74) is 6.05. The van der Waals surface area contributed by atoms with E-state index in [1.54, 1.807) is 6.07 Å². The quantitative estimate of drug-likeness (QED) is 0.663. The van der Waals surface area contributed by atoms with Gasteiger partial charge in [-0.25, -0.2) is 9.18 Å². The van der Waals surface area contributed by atoms with Gasteiger partial charge in [0.1, 0.15) is 5.82 Å². The molecule has 0 aliphatic heterocycles. The second-order valence-corrected chi connectivity index (χ2v) is 2.67. The van der Waals surface area contributed by atoms with Crippen molar-refractivity contribution < 1.29 is 9.18 Å². The summed E-state index contributed by atoms with van der Waals surface area (Å²) in [6, 6.07) is 4.02. The van der Waals surface area contributed by atoms with Crippen LogP contribution < -0.4 is 16.4 Å². The van der Waals surface area contributed by atoms with Gasteiger partial charge in [0.15, 0.2) is 0 Å². The summed E-state index contributed by atoms with van der Waals surface area (Å²) in [5.74, 6) is -0.415. The summed E-state index contributed by atoms with van der Waals surface area (Å²) in [4.78, 5) is 11.0. The molecule has 2 amide bonds. The highest BCUT2D eigenvalue weighted by Gasteiger charge is 2.07. The van der Waals surface area contributed by atoms with Crippen LogP contribution in [0.5, 0.6) is 0 Å². The summed E-state index contributed by atoms with van der Waals surface area (Å²) in [6.07, 6.45) is 0. The number of carbonyl (C=O) groups excluding carboxylic acids is 1. The zero-order chi connectivity index (χ0) is 10.6. The number of nitrogens with two attached hydrogens (primary N) is 1. The van der Waals surface area contributed by atoms with Crippen molar-refractivity contribution >= 4 is 11.7 Å². The fourth-order valence-corrected chi connectivity index (χ4v) is 1.07. The second-order valence-electron chi connectivity index (χ2n) is 2.67. The summed E-state index contributed by atoms with van der Waals surface area (Å²) in [6.45, 7) is 0.0476. The molecule has 4 nitrogen and oxygen atoms in total. The Balaban J connectivity index is 2.96. The van der Waals surface area contributed by atoms with Gasteiger partial charge >= 0.3 is 6.03 Å². The monoisotopic (exact) mass is 197 g/mol. The van der Waals surface area contributed by atoms with Crippen LogP contribution in [0.1, 0.15) is 5.56 Å². The molecule has 0 heterocycles. The highest BCUT2D eigenvalue weighted by Crippen LogP contribution is 2.17. The number of urea groups is 1. The van der Waals surface area contributed by atoms with Crippen molar-refractivity contribution in [2.24, 2.45) is 5.73 Å². The maximum Gasteiger partial charge on any atom is 0.318 e. The molecule has 4 N–H and O–H groups in total. The number of hydrogen-bond acceptors (Lipinski definition) is 2. The number of hydrogen-bond donors (Lipinski definition) is 3.